The van der Waals surface area contributed by atoms with Crippen LogP contribution in [0.2, 0.25) is 0 Å². The summed E-state index contributed by atoms with van der Waals surface area (Å²) in [6, 6.07) is 0. The minimum absolute atomic E-state index is 0.0849. The van der Waals surface area contributed by atoms with Crippen molar-refractivity contribution in [3.05, 3.63) is 24.7 Å². The summed E-state index contributed by atoms with van der Waals surface area (Å²) >= 11 is 0. The van der Waals surface area contributed by atoms with E-state index in [2.05, 4.69) is 11.9 Å². The Hall–Kier alpha value is -1.41. The molecule has 0 spiro atoms. The van der Waals surface area contributed by atoms with Gasteiger partial charge in [0.05, 0.1) is 12.7 Å². The molecule has 0 aromatic carbocycles. The van der Waals surface area contributed by atoms with Gasteiger partial charge in [-0.1, -0.05) is 13.5 Å². The van der Waals surface area contributed by atoms with E-state index in [-0.39, 0.29) is 43.8 Å². The molecule has 0 radical (unpaired) electrons. The van der Waals surface area contributed by atoms with E-state index in [4.69, 9.17) is 18.9 Å². The van der Waals surface area contributed by atoms with Crippen LogP contribution in [0.25, 0.3) is 0 Å². The lowest BCUT2D eigenvalue weighted by molar-refractivity contribution is -0.203. The molecular weight excluding hydrogens is 264 g/mol. The molecule has 0 bridgehead atoms. The molecule has 20 heavy (non-hydrogen) atoms. The molecule has 4 atom stereocenters. The molecule has 7 heteroatoms. The van der Waals surface area contributed by atoms with E-state index in [0.29, 0.717) is 12.4 Å². The van der Waals surface area contributed by atoms with Crippen molar-refractivity contribution in [1.29, 1.82) is 0 Å². The van der Waals surface area contributed by atoms with Gasteiger partial charge >= 0.3 is 0 Å². The summed E-state index contributed by atoms with van der Waals surface area (Å²) in [7, 11) is 0. The fourth-order valence-corrected chi connectivity index (χ4v) is 2.70. The predicted octanol–water partition coefficient (Wildman–Crippen LogP) is 0.111. The molecule has 7 nitrogen and oxygen atoms in total. The van der Waals surface area contributed by atoms with Crippen LogP contribution in [0.4, 0.5) is 0 Å². The molecule has 0 saturated carbocycles. The second-order valence-electron chi connectivity index (χ2n) is 5.03. The fraction of sp³-hybridized carbons (Fsp3) is 0.615. The van der Waals surface area contributed by atoms with Gasteiger partial charge in [-0.15, -0.1) is 0 Å². The zero-order valence-electron chi connectivity index (χ0n) is 11.3. The lowest BCUT2D eigenvalue weighted by Gasteiger charge is -2.33. The number of rotatable bonds is 1. The van der Waals surface area contributed by atoms with E-state index in [1.807, 2.05) is 6.92 Å². The van der Waals surface area contributed by atoms with Gasteiger partial charge in [-0.25, -0.2) is 0 Å². The van der Waals surface area contributed by atoms with Crippen LogP contribution in [0.1, 0.15) is 6.92 Å². The van der Waals surface area contributed by atoms with Crippen LogP contribution in [0.3, 0.4) is 0 Å². The van der Waals surface area contributed by atoms with E-state index in [1.165, 1.54) is 6.08 Å². The Morgan fingerprint density at radius 1 is 1.40 bits per heavy atom. The molecule has 1 N–H and O–H groups in total. The molecule has 2 saturated heterocycles. The molecule has 3 aliphatic rings. The largest absolute Gasteiger partial charge is 0.353 e. The molecule has 0 aromatic rings. The van der Waals surface area contributed by atoms with Gasteiger partial charge in [-0.2, -0.15) is 0 Å². The standard InChI is InChI=1S/C13H18N2O5/c1-8-12-10(5-17-6-18-7-19-12)20-13(8)15-4-3-11(16)14-9(15)2/h3-4,8,10,12-13H,2,5-7H2,1H3,(H,14,16)/t8-,10+,12?,13+/m0/s1. The summed E-state index contributed by atoms with van der Waals surface area (Å²) < 4.78 is 22.2. The van der Waals surface area contributed by atoms with E-state index >= 15 is 0 Å². The minimum Gasteiger partial charge on any atom is -0.353 e. The van der Waals surface area contributed by atoms with Gasteiger partial charge in [-0.3, -0.25) is 4.79 Å². The normalized spacial score (nSPS) is 38.1. The van der Waals surface area contributed by atoms with Crippen LogP contribution in [0.15, 0.2) is 24.7 Å². The zero-order valence-corrected chi connectivity index (χ0v) is 11.3. The van der Waals surface area contributed by atoms with E-state index in [1.54, 1.807) is 11.1 Å². The van der Waals surface area contributed by atoms with Crippen LogP contribution in [-0.4, -0.2) is 49.4 Å². The average Bonchev–Trinajstić information content (AvgIpc) is 2.66. The maximum absolute atomic E-state index is 11.3. The number of fused-ring (bicyclic) bond motifs is 1. The first-order valence-electron chi connectivity index (χ1n) is 6.56. The average molecular weight is 282 g/mol. The molecule has 110 valence electrons. The van der Waals surface area contributed by atoms with Crippen molar-refractivity contribution in [2.75, 3.05) is 20.2 Å². The summed E-state index contributed by atoms with van der Waals surface area (Å²) in [6.07, 6.45) is 2.61. The van der Waals surface area contributed by atoms with Gasteiger partial charge in [0.25, 0.3) is 5.91 Å². The van der Waals surface area contributed by atoms with Crippen molar-refractivity contribution in [3.63, 3.8) is 0 Å². The molecule has 2 fully saturated rings. The lowest BCUT2D eigenvalue weighted by atomic mass is 10.0. The van der Waals surface area contributed by atoms with Crippen LogP contribution < -0.4 is 5.32 Å². The quantitative estimate of drug-likeness (QED) is 0.736. The van der Waals surface area contributed by atoms with Crippen LogP contribution in [0.5, 0.6) is 0 Å². The summed E-state index contributed by atoms with van der Waals surface area (Å²) in [5, 5.41) is 2.66. The Morgan fingerprint density at radius 2 is 2.25 bits per heavy atom. The zero-order chi connectivity index (χ0) is 14.1. The molecule has 0 aliphatic carbocycles. The Bertz CT molecular complexity index is 438. The van der Waals surface area contributed by atoms with Gasteiger partial charge in [0.1, 0.15) is 31.7 Å². The Kier molecular flexibility index (Phi) is 3.75. The van der Waals surface area contributed by atoms with Crippen molar-refractivity contribution in [2.45, 2.75) is 25.4 Å². The smallest absolute Gasteiger partial charge is 0.250 e. The number of carbonyl (C=O) groups excluding carboxylic acids is 1. The third kappa shape index (κ3) is 2.45. The number of nitrogens with one attached hydrogen (secondary N) is 1. The Balaban J connectivity index is 1.76. The monoisotopic (exact) mass is 282 g/mol. The van der Waals surface area contributed by atoms with Gasteiger partial charge in [0.2, 0.25) is 0 Å². The highest BCUT2D eigenvalue weighted by Crippen LogP contribution is 2.34. The number of hydrogen-bond acceptors (Lipinski definition) is 6. The van der Waals surface area contributed by atoms with Gasteiger partial charge in [-0.05, 0) is 0 Å². The maximum atomic E-state index is 11.3. The van der Waals surface area contributed by atoms with Crippen molar-refractivity contribution in [3.8, 4) is 0 Å². The van der Waals surface area contributed by atoms with E-state index in [0.717, 1.165) is 0 Å². The van der Waals surface area contributed by atoms with Crippen molar-refractivity contribution in [1.82, 2.24) is 10.2 Å². The molecular formula is C13H18N2O5. The molecule has 3 heterocycles. The number of ether oxygens (including phenoxy) is 4. The second kappa shape index (κ2) is 5.53. The Labute approximate surface area is 117 Å². The topological polar surface area (TPSA) is 69.3 Å². The maximum Gasteiger partial charge on any atom is 0.250 e. The first kappa shape index (κ1) is 13.6. The predicted molar refractivity (Wildman–Crippen MR) is 67.7 cm³/mol. The highest BCUT2D eigenvalue weighted by atomic mass is 16.8. The SMILES string of the molecule is C=C1NC(=O)C=CN1[C@@H]1O[C@@H]2COCOCOC2[C@@H]1C. The van der Waals surface area contributed by atoms with Gasteiger partial charge in [0.15, 0.2) is 0 Å². The van der Waals surface area contributed by atoms with Gasteiger partial charge in [0, 0.05) is 18.2 Å². The molecule has 1 amide bonds. The number of nitrogens with zero attached hydrogens (tertiary/aromatic N) is 1. The van der Waals surface area contributed by atoms with Crippen LogP contribution in [-0.2, 0) is 23.7 Å². The molecule has 3 aliphatic heterocycles. The van der Waals surface area contributed by atoms with Gasteiger partial charge < -0.3 is 29.2 Å². The van der Waals surface area contributed by atoms with Crippen molar-refractivity contribution in [2.24, 2.45) is 5.92 Å². The number of hydrogen-bond donors (Lipinski definition) is 1. The molecule has 1 unspecified atom stereocenters. The second-order valence-corrected chi connectivity index (χ2v) is 5.03. The lowest BCUT2D eigenvalue weighted by Crippen LogP contribution is -2.43. The number of carbonyl (C=O) groups is 1. The van der Waals surface area contributed by atoms with E-state index < -0.39 is 0 Å². The summed E-state index contributed by atoms with van der Waals surface area (Å²) in [4.78, 5) is 13.1. The summed E-state index contributed by atoms with van der Waals surface area (Å²) in [5.74, 6) is 0.401. The van der Waals surface area contributed by atoms with Crippen molar-refractivity contribution < 1.29 is 23.7 Å². The highest BCUT2D eigenvalue weighted by Gasteiger charge is 2.46. The number of amides is 1. The molecule has 0 aromatic heterocycles. The van der Waals surface area contributed by atoms with E-state index in [9.17, 15) is 4.79 Å². The van der Waals surface area contributed by atoms with Crippen LogP contribution >= 0.6 is 0 Å². The first-order chi connectivity index (χ1) is 9.66. The molecule has 3 rings (SSSR count). The highest BCUT2D eigenvalue weighted by molar-refractivity contribution is 5.89. The first-order valence-corrected chi connectivity index (χ1v) is 6.56. The minimum atomic E-state index is -0.254. The third-order valence-corrected chi connectivity index (χ3v) is 3.68. The summed E-state index contributed by atoms with van der Waals surface area (Å²) in [6.45, 7) is 6.70. The summed E-state index contributed by atoms with van der Waals surface area (Å²) in [5.41, 5.74) is 0. The fourth-order valence-electron chi connectivity index (χ4n) is 2.70. The Morgan fingerprint density at radius 3 is 3.05 bits per heavy atom. The third-order valence-electron chi connectivity index (χ3n) is 3.68. The van der Waals surface area contributed by atoms with Crippen LogP contribution in [0, 0.1) is 5.92 Å². The van der Waals surface area contributed by atoms with Crippen molar-refractivity contribution >= 4 is 5.91 Å².